The lowest BCUT2D eigenvalue weighted by atomic mass is 10.2. The Morgan fingerprint density at radius 3 is 2.44 bits per heavy atom. The van der Waals surface area contributed by atoms with E-state index in [1.165, 1.54) is 27.7 Å². The van der Waals surface area contributed by atoms with Crippen LogP contribution in [0.15, 0.2) is 62.5 Å². The van der Waals surface area contributed by atoms with Gasteiger partial charge in [-0.2, -0.15) is 0 Å². The number of amides is 1. The molecule has 2 heterocycles. The topological polar surface area (TPSA) is 95.2 Å². The maximum absolute atomic E-state index is 13.4. The molecular formula is C24H24N4O4S2. The van der Waals surface area contributed by atoms with Crippen molar-refractivity contribution in [1.29, 1.82) is 0 Å². The Balaban J connectivity index is 1.75. The molecule has 0 bridgehead atoms. The van der Waals surface area contributed by atoms with Gasteiger partial charge in [0.2, 0.25) is 5.91 Å². The first-order valence-corrected chi connectivity index (χ1v) is 12.6. The van der Waals surface area contributed by atoms with Crippen molar-refractivity contribution in [3.63, 3.8) is 0 Å². The molecule has 8 nitrogen and oxygen atoms in total. The highest BCUT2D eigenvalue weighted by Crippen LogP contribution is 2.27. The largest absolute Gasteiger partial charge is 0.494 e. The molecule has 34 heavy (non-hydrogen) atoms. The average molecular weight is 497 g/mol. The van der Waals surface area contributed by atoms with Gasteiger partial charge in [0.15, 0.2) is 9.99 Å². The smallest absolute Gasteiger partial charge is 0.337 e. The number of anilines is 1. The number of hydrogen-bond donors (Lipinski definition) is 1. The van der Waals surface area contributed by atoms with Gasteiger partial charge in [0.1, 0.15) is 17.0 Å². The molecule has 176 valence electrons. The van der Waals surface area contributed by atoms with Crippen molar-refractivity contribution in [2.45, 2.75) is 31.7 Å². The fourth-order valence-corrected chi connectivity index (χ4v) is 5.38. The van der Waals surface area contributed by atoms with E-state index in [0.717, 1.165) is 15.9 Å². The van der Waals surface area contributed by atoms with Crippen molar-refractivity contribution in [2.24, 2.45) is 0 Å². The molecule has 10 heteroatoms. The van der Waals surface area contributed by atoms with Gasteiger partial charge >= 0.3 is 5.69 Å². The number of rotatable bonds is 8. The molecule has 0 aliphatic rings. The van der Waals surface area contributed by atoms with Crippen LogP contribution in [0.4, 0.5) is 5.69 Å². The average Bonchev–Trinajstić information content (AvgIpc) is 3.24. The second kappa shape index (κ2) is 10.3. The zero-order valence-corrected chi connectivity index (χ0v) is 20.7. The van der Waals surface area contributed by atoms with Crippen LogP contribution in [-0.2, 0) is 11.3 Å². The van der Waals surface area contributed by atoms with Gasteiger partial charge in [0, 0.05) is 5.69 Å². The first-order chi connectivity index (χ1) is 16.4. The second-order valence-electron chi connectivity index (χ2n) is 7.42. The van der Waals surface area contributed by atoms with E-state index < -0.39 is 17.2 Å². The van der Waals surface area contributed by atoms with Gasteiger partial charge in [0.25, 0.3) is 5.56 Å². The van der Waals surface area contributed by atoms with E-state index in [9.17, 15) is 14.4 Å². The van der Waals surface area contributed by atoms with E-state index in [1.54, 1.807) is 36.4 Å². The number of fused-ring (bicyclic) bond motifs is 1. The van der Waals surface area contributed by atoms with Crippen molar-refractivity contribution >= 4 is 45.0 Å². The summed E-state index contributed by atoms with van der Waals surface area (Å²) in [6, 6.07) is 14.1. The molecule has 0 saturated heterocycles. The second-order valence-corrected chi connectivity index (χ2v) is 9.93. The molecule has 0 saturated carbocycles. The van der Waals surface area contributed by atoms with Gasteiger partial charge in [-0.15, -0.1) is 11.3 Å². The van der Waals surface area contributed by atoms with Crippen LogP contribution in [-0.4, -0.2) is 32.4 Å². The number of carbonyl (C=O) groups excluding carboxylic acids is 1. The van der Waals surface area contributed by atoms with Crippen LogP contribution in [0.25, 0.3) is 16.0 Å². The Morgan fingerprint density at radius 2 is 1.79 bits per heavy atom. The van der Waals surface area contributed by atoms with Crippen LogP contribution in [0, 0.1) is 6.92 Å². The van der Waals surface area contributed by atoms with E-state index in [-0.39, 0.29) is 12.2 Å². The zero-order chi connectivity index (χ0) is 24.2. The SMILES string of the molecule is CCOc1ccc(NC(=O)Cn2c(=O)n(-c3ccc(C)cc3)c(=O)c3sc(SCC)nc32)cc1. The maximum atomic E-state index is 13.4. The van der Waals surface area contributed by atoms with Gasteiger partial charge in [-0.05, 0) is 56.0 Å². The molecule has 2 aromatic heterocycles. The lowest BCUT2D eigenvalue weighted by molar-refractivity contribution is -0.116. The summed E-state index contributed by atoms with van der Waals surface area (Å²) in [7, 11) is 0. The number of benzene rings is 2. The maximum Gasteiger partial charge on any atom is 0.337 e. The minimum atomic E-state index is -0.610. The Morgan fingerprint density at radius 1 is 1.09 bits per heavy atom. The van der Waals surface area contributed by atoms with Gasteiger partial charge in [0.05, 0.1) is 12.3 Å². The first kappa shape index (κ1) is 23.8. The minimum absolute atomic E-state index is 0.223. The molecule has 4 rings (SSSR count). The number of nitrogens with one attached hydrogen (secondary N) is 1. The van der Waals surface area contributed by atoms with E-state index in [4.69, 9.17) is 4.74 Å². The third-order valence-corrected chi connectivity index (χ3v) is 7.03. The van der Waals surface area contributed by atoms with Crippen molar-refractivity contribution in [3.8, 4) is 11.4 Å². The summed E-state index contributed by atoms with van der Waals surface area (Å²) >= 11 is 2.72. The summed E-state index contributed by atoms with van der Waals surface area (Å²) in [5, 5.41) is 2.79. The van der Waals surface area contributed by atoms with Gasteiger partial charge in [-0.3, -0.25) is 14.2 Å². The highest BCUT2D eigenvalue weighted by molar-refractivity contribution is 8.01. The van der Waals surface area contributed by atoms with Gasteiger partial charge in [-0.25, -0.2) is 14.3 Å². The number of hydrogen-bond acceptors (Lipinski definition) is 7. The summed E-state index contributed by atoms with van der Waals surface area (Å²) in [5.41, 5.74) is 1.20. The third kappa shape index (κ3) is 4.92. The Hall–Kier alpha value is -3.37. The Bertz CT molecular complexity index is 1440. The summed E-state index contributed by atoms with van der Waals surface area (Å²) in [6.45, 7) is 6.07. The van der Waals surface area contributed by atoms with Crippen LogP contribution in [0.2, 0.25) is 0 Å². The highest BCUT2D eigenvalue weighted by atomic mass is 32.2. The van der Waals surface area contributed by atoms with Crippen LogP contribution < -0.4 is 21.3 Å². The van der Waals surface area contributed by atoms with Crippen molar-refractivity contribution in [2.75, 3.05) is 17.7 Å². The summed E-state index contributed by atoms with van der Waals surface area (Å²) in [6.07, 6.45) is 0. The molecule has 0 aliphatic heterocycles. The monoisotopic (exact) mass is 496 g/mol. The highest BCUT2D eigenvalue weighted by Gasteiger charge is 2.20. The predicted molar refractivity (Wildman–Crippen MR) is 137 cm³/mol. The standard InChI is InChI=1S/C24H24N4O4S2/c1-4-32-18-12-8-16(9-13-18)25-19(29)14-27-21-20(34-23(26-21)33-5-2)22(30)28(24(27)31)17-10-6-15(3)7-11-17/h6-13H,4-5,14H2,1-3H3,(H,25,29). The molecule has 0 fully saturated rings. The summed E-state index contributed by atoms with van der Waals surface area (Å²) in [4.78, 5) is 44.1. The third-order valence-electron chi connectivity index (χ3n) is 4.98. The number of aryl methyl sites for hydroxylation is 1. The summed E-state index contributed by atoms with van der Waals surface area (Å²) in [5.74, 6) is 1.07. The molecule has 0 spiro atoms. The number of thiazole rings is 1. The van der Waals surface area contributed by atoms with E-state index in [1.807, 2.05) is 32.9 Å². The fourth-order valence-electron chi connectivity index (χ4n) is 3.41. The number of carbonyl (C=O) groups is 1. The first-order valence-electron chi connectivity index (χ1n) is 10.8. The van der Waals surface area contributed by atoms with E-state index in [2.05, 4.69) is 10.3 Å². The number of thioether (sulfide) groups is 1. The molecule has 1 N–H and O–H groups in total. The predicted octanol–water partition coefficient (Wildman–Crippen LogP) is 4.07. The van der Waals surface area contributed by atoms with Gasteiger partial charge in [-0.1, -0.05) is 36.4 Å². The molecule has 0 atom stereocenters. The van der Waals surface area contributed by atoms with Crippen LogP contribution >= 0.6 is 23.1 Å². The number of aromatic nitrogens is 3. The fraction of sp³-hybridized carbons (Fsp3) is 0.250. The minimum Gasteiger partial charge on any atom is -0.494 e. The molecule has 0 unspecified atom stereocenters. The van der Waals surface area contributed by atoms with Crippen molar-refractivity contribution in [1.82, 2.24) is 14.1 Å². The number of ether oxygens (including phenoxy) is 1. The molecular weight excluding hydrogens is 472 g/mol. The quantitative estimate of drug-likeness (QED) is 0.370. The molecule has 2 aromatic carbocycles. The van der Waals surface area contributed by atoms with Crippen LogP contribution in [0.1, 0.15) is 19.4 Å². The van der Waals surface area contributed by atoms with Crippen LogP contribution in [0.5, 0.6) is 5.75 Å². The van der Waals surface area contributed by atoms with E-state index >= 15 is 0 Å². The molecule has 0 radical (unpaired) electrons. The van der Waals surface area contributed by atoms with Crippen LogP contribution in [0.3, 0.4) is 0 Å². The molecule has 4 aromatic rings. The van der Waals surface area contributed by atoms with Crippen molar-refractivity contribution < 1.29 is 9.53 Å². The number of nitrogens with zero attached hydrogens (tertiary/aromatic N) is 3. The summed E-state index contributed by atoms with van der Waals surface area (Å²) < 4.78 is 8.80. The van der Waals surface area contributed by atoms with Crippen molar-refractivity contribution in [3.05, 3.63) is 74.9 Å². The Kier molecular flexibility index (Phi) is 7.18. The van der Waals surface area contributed by atoms with Gasteiger partial charge < -0.3 is 10.1 Å². The lowest BCUT2D eigenvalue weighted by Gasteiger charge is -2.12. The normalized spacial score (nSPS) is 11.0. The molecule has 0 aliphatic carbocycles. The zero-order valence-electron chi connectivity index (χ0n) is 19.0. The van der Waals surface area contributed by atoms with E-state index in [0.29, 0.717) is 32.8 Å². The molecule has 1 amide bonds. The lowest BCUT2D eigenvalue weighted by Crippen LogP contribution is -2.40. The Labute approximate surface area is 204 Å².